The number of ether oxygens (including phenoxy) is 1. The normalized spacial score (nSPS) is 23.7. The summed E-state index contributed by atoms with van der Waals surface area (Å²) in [6.45, 7) is 12.5. The summed E-state index contributed by atoms with van der Waals surface area (Å²) in [7, 11) is 1.64. The minimum atomic E-state index is -0.386. The van der Waals surface area contributed by atoms with Crippen molar-refractivity contribution in [2.45, 2.75) is 52.6 Å². The molecule has 8 heteroatoms. The van der Waals surface area contributed by atoms with Crippen LogP contribution in [0.15, 0.2) is 64.9 Å². The second-order valence-electron chi connectivity index (χ2n) is 8.89. The fourth-order valence-corrected chi connectivity index (χ4v) is 4.52. The second-order valence-corrected chi connectivity index (χ2v) is 8.89. The van der Waals surface area contributed by atoms with E-state index in [1.807, 2.05) is 31.2 Å². The third-order valence-electron chi connectivity index (χ3n) is 6.50. The number of nitrogens with zero attached hydrogens (tertiary/aromatic N) is 4. The van der Waals surface area contributed by atoms with Crippen molar-refractivity contribution < 1.29 is 14.3 Å². The van der Waals surface area contributed by atoms with Crippen LogP contribution in [0.5, 0.6) is 0 Å². The number of hydrogen-bond acceptors (Lipinski definition) is 5. The van der Waals surface area contributed by atoms with E-state index in [1.54, 1.807) is 29.6 Å². The van der Waals surface area contributed by atoms with Gasteiger partial charge in [-0.25, -0.2) is 0 Å². The molecule has 178 valence electrons. The summed E-state index contributed by atoms with van der Waals surface area (Å²) in [6, 6.07) is -0.520. The summed E-state index contributed by atoms with van der Waals surface area (Å²) in [5.74, 6) is 0.455. The van der Waals surface area contributed by atoms with Crippen molar-refractivity contribution in [2.24, 2.45) is 0 Å². The molecule has 1 aliphatic carbocycles. The van der Waals surface area contributed by atoms with E-state index in [4.69, 9.17) is 4.74 Å². The molecule has 3 heterocycles. The zero-order chi connectivity index (χ0) is 24.6. The molecule has 0 saturated carbocycles. The van der Waals surface area contributed by atoms with Crippen LogP contribution in [-0.2, 0) is 9.53 Å². The molecule has 2 amide bonds. The SMILES string of the molecule is C=C1CC(COC)N(C(=O)C2=C(C)C=C3C(C=C2)NC(=O)c2nnc(C)n23)/C1=C/C=C(\C)CC. The largest absolute Gasteiger partial charge is 0.383 e. The zero-order valence-corrected chi connectivity index (χ0v) is 20.4. The van der Waals surface area contributed by atoms with Gasteiger partial charge in [0, 0.05) is 18.4 Å². The van der Waals surface area contributed by atoms with Gasteiger partial charge >= 0.3 is 0 Å². The molecule has 1 saturated heterocycles. The molecule has 3 aliphatic rings. The highest BCUT2D eigenvalue weighted by molar-refractivity contribution is 6.01. The smallest absolute Gasteiger partial charge is 0.290 e. The van der Waals surface area contributed by atoms with Crippen LogP contribution in [0.1, 0.15) is 50.1 Å². The van der Waals surface area contributed by atoms with Crippen molar-refractivity contribution in [3.8, 4) is 0 Å². The van der Waals surface area contributed by atoms with Gasteiger partial charge in [-0.15, -0.1) is 10.2 Å². The molecular formula is C26H31N5O3. The van der Waals surface area contributed by atoms with Crippen molar-refractivity contribution in [1.29, 1.82) is 0 Å². The number of aromatic nitrogens is 3. The van der Waals surface area contributed by atoms with Crippen LogP contribution in [0.2, 0.25) is 0 Å². The lowest BCUT2D eigenvalue weighted by Gasteiger charge is -2.26. The third-order valence-corrected chi connectivity index (χ3v) is 6.50. The quantitative estimate of drug-likeness (QED) is 0.725. The van der Waals surface area contributed by atoms with Crippen LogP contribution in [0, 0.1) is 6.92 Å². The predicted octanol–water partition coefficient (Wildman–Crippen LogP) is 3.47. The number of allylic oxidation sites excluding steroid dienone is 6. The first-order chi connectivity index (χ1) is 16.3. The maximum Gasteiger partial charge on any atom is 0.290 e. The lowest BCUT2D eigenvalue weighted by molar-refractivity contribution is -0.126. The van der Waals surface area contributed by atoms with E-state index in [-0.39, 0.29) is 29.7 Å². The van der Waals surface area contributed by atoms with Gasteiger partial charge in [0.15, 0.2) is 0 Å². The fourth-order valence-electron chi connectivity index (χ4n) is 4.52. The van der Waals surface area contributed by atoms with Gasteiger partial charge in [-0.1, -0.05) is 37.3 Å². The Morgan fingerprint density at radius 2 is 2.12 bits per heavy atom. The van der Waals surface area contributed by atoms with Crippen LogP contribution in [0.25, 0.3) is 5.70 Å². The monoisotopic (exact) mass is 461 g/mol. The molecule has 34 heavy (non-hydrogen) atoms. The Kier molecular flexibility index (Phi) is 6.52. The highest BCUT2D eigenvalue weighted by atomic mass is 16.5. The van der Waals surface area contributed by atoms with Crippen LogP contribution in [0.4, 0.5) is 0 Å². The minimum Gasteiger partial charge on any atom is -0.383 e. The first-order valence-corrected chi connectivity index (χ1v) is 11.5. The number of carbonyl (C=O) groups is 2. The van der Waals surface area contributed by atoms with Crippen molar-refractivity contribution in [1.82, 2.24) is 25.0 Å². The molecule has 0 radical (unpaired) electrons. The van der Waals surface area contributed by atoms with Gasteiger partial charge in [0.05, 0.1) is 24.4 Å². The molecule has 0 aromatic carbocycles. The summed E-state index contributed by atoms with van der Waals surface area (Å²) in [6.07, 6.45) is 11.2. The Balaban J connectivity index is 1.77. The Hall–Kier alpha value is -3.52. The number of amides is 2. The first kappa shape index (κ1) is 23.6. The molecule has 2 atom stereocenters. The molecule has 1 N–H and O–H groups in total. The van der Waals surface area contributed by atoms with Crippen LogP contribution >= 0.6 is 0 Å². The van der Waals surface area contributed by atoms with Gasteiger partial charge in [0.1, 0.15) is 5.82 Å². The topological polar surface area (TPSA) is 89.3 Å². The van der Waals surface area contributed by atoms with Crippen LogP contribution in [-0.4, -0.2) is 57.3 Å². The minimum absolute atomic E-state index is 0.120. The van der Waals surface area contributed by atoms with E-state index in [9.17, 15) is 9.59 Å². The van der Waals surface area contributed by atoms with E-state index >= 15 is 0 Å². The number of methoxy groups -OCH3 is 1. The molecule has 1 aromatic rings. The van der Waals surface area contributed by atoms with Crippen LogP contribution in [0.3, 0.4) is 0 Å². The maximum absolute atomic E-state index is 14.0. The van der Waals surface area contributed by atoms with Gasteiger partial charge < -0.3 is 15.0 Å². The molecule has 1 aromatic heterocycles. The van der Waals surface area contributed by atoms with E-state index < -0.39 is 0 Å². The highest BCUT2D eigenvalue weighted by Crippen LogP contribution is 2.35. The van der Waals surface area contributed by atoms with Crippen molar-refractivity contribution in [3.63, 3.8) is 0 Å². The third kappa shape index (κ3) is 4.09. The van der Waals surface area contributed by atoms with Gasteiger partial charge in [-0.2, -0.15) is 0 Å². The highest BCUT2D eigenvalue weighted by Gasteiger charge is 2.38. The molecule has 8 nitrogen and oxygen atoms in total. The van der Waals surface area contributed by atoms with Crippen molar-refractivity contribution >= 4 is 17.5 Å². The average Bonchev–Trinajstić information content (AvgIpc) is 3.28. The van der Waals surface area contributed by atoms with Crippen LogP contribution < -0.4 is 5.32 Å². The fraction of sp³-hybridized carbons (Fsp3) is 0.385. The lowest BCUT2D eigenvalue weighted by Crippen LogP contribution is -2.42. The second kappa shape index (κ2) is 9.38. The summed E-state index contributed by atoms with van der Waals surface area (Å²) in [4.78, 5) is 28.3. The average molecular weight is 462 g/mol. The van der Waals surface area contributed by atoms with Gasteiger partial charge in [0.25, 0.3) is 11.8 Å². The zero-order valence-electron chi connectivity index (χ0n) is 20.4. The van der Waals surface area contributed by atoms with Crippen molar-refractivity contribution in [2.75, 3.05) is 13.7 Å². The van der Waals surface area contributed by atoms with E-state index in [2.05, 4.69) is 35.9 Å². The Labute approximate surface area is 200 Å². The molecule has 1 fully saturated rings. The first-order valence-electron chi connectivity index (χ1n) is 11.5. The van der Waals surface area contributed by atoms with E-state index in [0.717, 1.165) is 29.0 Å². The molecule has 2 aliphatic heterocycles. The summed E-state index contributed by atoms with van der Waals surface area (Å²) >= 11 is 0. The Morgan fingerprint density at radius 1 is 1.35 bits per heavy atom. The number of fused-ring (bicyclic) bond motifs is 3. The Morgan fingerprint density at radius 3 is 2.82 bits per heavy atom. The molecule has 2 unspecified atom stereocenters. The molecule has 0 spiro atoms. The number of hydrogen-bond donors (Lipinski definition) is 1. The number of likely N-dealkylation sites (tertiary alicyclic amines) is 1. The number of carbonyl (C=O) groups excluding carboxylic acids is 2. The van der Waals surface area contributed by atoms with Crippen molar-refractivity contribution in [3.05, 3.63) is 76.6 Å². The number of nitrogens with one attached hydrogen (secondary N) is 1. The van der Waals surface area contributed by atoms with E-state index in [0.29, 0.717) is 24.4 Å². The predicted molar refractivity (Wildman–Crippen MR) is 131 cm³/mol. The Bertz CT molecular complexity index is 1210. The van der Waals surface area contributed by atoms with Gasteiger partial charge in [0.2, 0.25) is 5.82 Å². The number of rotatable bonds is 5. The maximum atomic E-state index is 14.0. The molecular weight excluding hydrogens is 430 g/mol. The van der Waals surface area contributed by atoms with Gasteiger partial charge in [-0.05, 0) is 56.9 Å². The summed E-state index contributed by atoms with van der Waals surface area (Å²) in [5, 5.41) is 11.0. The molecule has 4 rings (SSSR count). The summed E-state index contributed by atoms with van der Waals surface area (Å²) < 4.78 is 7.18. The standard InChI is InChI=1S/C26H31N5O3/c1-7-15(2)8-11-22-17(4)12-19(14-34-6)31(22)26(33)20-9-10-21-23(13-16(20)3)30-18(5)28-29-24(30)25(32)27-21/h8-11,13,19,21H,4,7,12,14H2,1-3,5-6H3,(H,27,32)/b15-8+,22-11+. The number of aryl methyl sites for hydroxylation is 1. The molecule has 0 bridgehead atoms. The van der Waals surface area contributed by atoms with E-state index in [1.165, 1.54) is 5.57 Å². The summed E-state index contributed by atoms with van der Waals surface area (Å²) in [5.41, 5.74) is 5.11. The van der Waals surface area contributed by atoms with Gasteiger partial charge in [-0.3, -0.25) is 14.2 Å². The lowest BCUT2D eigenvalue weighted by atomic mass is 10.1.